The van der Waals surface area contributed by atoms with Crippen LogP contribution in [0.15, 0.2) is 30.3 Å². The van der Waals surface area contributed by atoms with Crippen LogP contribution in [0, 0.1) is 0 Å². The molecule has 0 amide bonds. The molecule has 0 saturated carbocycles. The van der Waals surface area contributed by atoms with E-state index < -0.39 is 0 Å². The molecule has 1 nitrogen and oxygen atoms in total. The van der Waals surface area contributed by atoms with Crippen LogP contribution in [0.3, 0.4) is 0 Å². The molecule has 1 fully saturated rings. The Morgan fingerprint density at radius 2 is 2.07 bits per heavy atom. The van der Waals surface area contributed by atoms with Crippen LogP contribution in [0.5, 0.6) is 0 Å². The van der Waals surface area contributed by atoms with Crippen LogP contribution in [0.25, 0.3) is 0 Å². The highest BCUT2D eigenvalue weighted by molar-refractivity contribution is 5.14. The summed E-state index contributed by atoms with van der Waals surface area (Å²) in [6, 6.07) is 10.5. The highest BCUT2D eigenvalue weighted by Crippen LogP contribution is 2.19. The highest BCUT2D eigenvalue weighted by atomic mass is 19.1. The molecule has 0 bridgehead atoms. The topological polar surface area (TPSA) is 3.24 Å². The van der Waals surface area contributed by atoms with Gasteiger partial charge in [-0.15, -0.1) is 0 Å². The standard InChI is InChI=1S/C12H16FN/c13-9-12-7-4-8-14(12)10-11-5-2-1-3-6-11/h1-3,5-6,12H,4,7-10H2/t12-/m1/s1. The summed E-state index contributed by atoms with van der Waals surface area (Å²) in [5, 5.41) is 0. The van der Waals surface area contributed by atoms with E-state index in [0.29, 0.717) is 0 Å². The third-order valence-corrected chi connectivity index (χ3v) is 2.91. The maximum atomic E-state index is 12.6. The summed E-state index contributed by atoms with van der Waals surface area (Å²) in [6.07, 6.45) is 2.16. The Morgan fingerprint density at radius 1 is 1.29 bits per heavy atom. The summed E-state index contributed by atoms with van der Waals surface area (Å²) in [7, 11) is 0. The van der Waals surface area contributed by atoms with E-state index in [1.165, 1.54) is 5.56 Å². The molecule has 2 heteroatoms. The van der Waals surface area contributed by atoms with E-state index in [4.69, 9.17) is 0 Å². The Morgan fingerprint density at radius 3 is 2.79 bits per heavy atom. The quantitative estimate of drug-likeness (QED) is 0.713. The van der Waals surface area contributed by atoms with E-state index in [0.717, 1.165) is 25.9 Å². The van der Waals surface area contributed by atoms with Gasteiger partial charge >= 0.3 is 0 Å². The molecule has 14 heavy (non-hydrogen) atoms. The van der Waals surface area contributed by atoms with Crippen LogP contribution in [0.1, 0.15) is 18.4 Å². The fourth-order valence-corrected chi connectivity index (χ4v) is 2.10. The Labute approximate surface area is 84.5 Å². The second-order valence-corrected chi connectivity index (χ2v) is 3.91. The lowest BCUT2D eigenvalue weighted by atomic mass is 10.2. The smallest absolute Gasteiger partial charge is 0.105 e. The summed E-state index contributed by atoms with van der Waals surface area (Å²) >= 11 is 0. The first-order valence-electron chi connectivity index (χ1n) is 5.24. The molecule has 1 aromatic rings. The molecule has 76 valence electrons. The van der Waals surface area contributed by atoms with E-state index in [2.05, 4.69) is 17.0 Å². The zero-order valence-electron chi connectivity index (χ0n) is 8.32. The van der Waals surface area contributed by atoms with Crippen molar-refractivity contribution in [2.24, 2.45) is 0 Å². The molecule has 0 radical (unpaired) electrons. The van der Waals surface area contributed by atoms with Gasteiger partial charge in [0.05, 0.1) is 0 Å². The van der Waals surface area contributed by atoms with Gasteiger partial charge in [0.25, 0.3) is 0 Å². The fraction of sp³-hybridized carbons (Fsp3) is 0.500. The van der Waals surface area contributed by atoms with Gasteiger partial charge in [0.2, 0.25) is 0 Å². The summed E-state index contributed by atoms with van der Waals surface area (Å²) in [5.74, 6) is 0. The minimum Gasteiger partial charge on any atom is -0.294 e. The lowest BCUT2D eigenvalue weighted by Crippen LogP contribution is -2.30. The van der Waals surface area contributed by atoms with E-state index in [1.807, 2.05) is 18.2 Å². The molecule has 1 aliphatic heterocycles. The number of rotatable bonds is 3. The molecule has 0 spiro atoms. The van der Waals surface area contributed by atoms with Gasteiger partial charge in [-0.25, -0.2) is 4.39 Å². The Bertz CT molecular complexity index is 273. The van der Waals surface area contributed by atoms with Gasteiger partial charge in [0.15, 0.2) is 0 Å². The molecule has 0 N–H and O–H groups in total. The number of likely N-dealkylation sites (tertiary alicyclic amines) is 1. The zero-order valence-corrected chi connectivity index (χ0v) is 8.32. The Hall–Kier alpha value is -0.890. The second-order valence-electron chi connectivity index (χ2n) is 3.91. The van der Waals surface area contributed by atoms with Gasteiger partial charge in [-0.2, -0.15) is 0 Å². The van der Waals surface area contributed by atoms with Gasteiger partial charge in [0.1, 0.15) is 6.67 Å². The maximum Gasteiger partial charge on any atom is 0.105 e. The van der Waals surface area contributed by atoms with E-state index in [-0.39, 0.29) is 12.7 Å². The summed E-state index contributed by atoms with van der Waals surface area (Å²) in [6.45, 7) is 1.74. The van der Waals surface area contributed by atoms with Crippen LogP contribution >= 0.6 is 0 Å². The first-order chi connectivity index (χ1) is 6.90. The normalized spacial score (nSPS) is 22.8. The Kier molecular flexibility index (Phi) is 3.14. The minimum atomic E-state index is -0.202. The van der Waals surface area contributed by atoms with Gasteiger partial charge in [-0.3, -0.25) is 4.90 Å². The van der Waals surface area contributed by atoms with Crippen molar-refractivity contribution in [1.82, 2.24) is 4.90 Å². The minimum absolute atomic E-state index is 0.162. The van der Waals surface area contributed by atoms with E-state index in [9.17, 15) is 4.39 Å². The lowest BCUT2D eigenvalue weighted by molar-refractivity contribution is 0.207. The predicted octanol–water partition coefficient (Wildman–Crippen LogP) is 2.62. The molecular formula is C12H16FN. The van der Waals surface area contributed by atoms with Crippen LogP contribution < -0.4 is 0 Å². The third-order valence-electron chi connectivity index (χ3n) is 2.91. The Balaban J connectivity index is 1.97. The number of hydrogen-bond donors (Lipinski definition) is 0. The fourth-order valence-electron chi connectivity index (χ4n) is 2.10. The average molecular weight is 193 g/mol. The van der Waals surface area contributed by atoms with Gasteiger partial charge in [-0.05, 0) is 24.9 Å². The summed E-state index contributed by atoms with van der Waals surface area (Å²) in [5.41, 5.74) is 1.29. The third kappa shape index (κ3) is 2.13. The van der Waals surface area contributed by atoms with Crippen molar-refractivity contribution in [3.05, 3.63) is 35.9 Å². The molecule has 1 aliphatic rings. The van der Waals surface area contributed by atoms with Crippen molar-refractivity contribution < 1.29 is 4.39 Å². The zero-order chi connectivity index (χ0) is 9.80. The second kappa shape index (κ2) is 4.56. The van der Waals surface area contributed by atoms with Crippen molar-refractivity contribution in [3.63, 3.8) is 0 Å². The highest BCUT2D eigenvalue weighted by Gasteiger charge is 2.23. The largest absolute Gasteiger partial charge is 0.294 e. The molecule has 0 unspecified atom stereocenters. The van der Waals surface area contributed by atoms with Crippen LogP contribution in [-0.2, 0) is 6.54 Å². The molecule has 1 aromatic carbocycles. The number of halogens is 1. The summed E-state index contributed by atoms with van der Waals surface area (Å²) < 4.78 is 12.6. The number of nitrogens with zero attached hydrogens (tertiary/aromatic N) is 1. The molecule has 1 heterocycles. The number of hydrogen-bond acceptors (Lipinski definition) is 1. The van der Waals surface area contributed by atoms with Crippen molar-refractivity contribution in [1.29, 1.82) is 0 Å². The first-order valence-corrected chi connectivity index (χ1v) is 5.24. The van der Waals surface area contributed by atoms with Crippen LogP contribution in [0.4, 0.5) is 4.39 Å². The maximum absolute atomic E-state index is 12.6. The first kappa shape index (κ1) is 9.66. The van der Waals surface area contributed by atoms with E-state index in [1.54, 1.807) is 0 Å². The molecule has 2 rings (SSSR count). The molecule has 0 aromatic heterocycles. The van der Waals surface area contributed by atoms with Crippen LogP contribution in [-0.4, -0.2) is 24.2 Å². The van der Waals surface area contributed by atoms with E-state index >= 15 is 0 Å². The lowest BCUT2D eigenvalue weighted by Gasteiger charge is -2.21. The molecular weight excluding hydrogens is 177 g/mol. The monoisotopic (exact) mass is 193 g/mol. The van der Waals surface area contributed by atoms with Crippen molar-refractivity contribution >= 4 is 0 Å². The van der Waals surface area contributed by atoms with Gasteiger partial charge < -0.3 is 0 Å². The number of alkyl halides is 1. The van der Waals surface area contributed by atoms with Crippen molar-refractivity contribution in [2.45, 2.75) is 25.4 Å². The molecule has 1 atom stereocenters. The molecule has 1 saturated heterocycles. The number of benzene rings is 1. The van der Waals surface area contributed by atoms with Crippen molar-refractivity contribution in [2.75, 3.05) is 13.2 Å². The van der Waals surface area contributed by atoms with Crippen LogP contribution in [0.2, 0.25) is 0 Å². The van der Waals surface area contributed by atoms with Gasteiger partial charge in [0, 0.05) is 12.6 Å². The average Bonchev–Trinajstić information content (AvgIpc) is 2.67. The predicted molar refractivity (Wildman–Crippen MR) is 55.8 cm³/mol. The van der Waals surface area contributed by atoms with Gasteiger partial charge in [-0.1, -0.05) is 30.3 Å². The summed E-state index contributed by atoms with van der Waals surface area (Å²) in [4.78, 5) is 2.25. The SMILES string of the molecule is FC[C@H]1CCCN1Cc1ccccc1. The van der Waals surface area contributed by atoms with Crippen molar-refractivity contribution in [3.8, 4) is 0 Å². The molecule has 0 aliphatic carbocycles.